The van der Waals surface area contributed by atoms with Gasteiger partial charge in [-0.15, -0.1) is 0 Å². The van der Waals surface area contributed by atoms with Crippen LogP contribution in [0.5, 0.6) is 0 Å². The molecular weight excluding hydrogens is 302 g/mol. The summed E-state index contributed by atoms with van der Waals surface area (Å²) in [6.07, 6.45) is 2.09. The maximum absolute atomic E-state index is 11.5. The summed E-state index contributed by atoms with van der Waals surface area (Å²) >= 11 is 1.60. The van der Waals surface area contributed by atoms with Crippen molar-refractivity contribution < 1.29 is 8.42 Å². The second-order valence-electron chi connectivity index (χ2n) is 4.90. The van der Waals surface area contributed by atoms with Crippen LogP contribution in [0.1, 0.15) is 24.9 Å². The van der Waals surface area contributed by atoms with Crippen molar-refractivity contribution in [1.29, 1.82) is 0 Å². The highest BCUT2D eigenvalue weighted by Crippen LogP contribution is 2.33. The van der Waals surface area contributed by atoms with E-state index >= 15 is 0 Å². The monoisotopic (exact) mass is 321 g/mol. The van der Waals surface area contributed by atoms with E-state index in [0.717, 1.165) is 21.8 Å². The van der Waals surface area contributed by atoms with Gasteiger partial charge in [0.1, 0.15) is 0 Å². The van der Waals surface area contributed by atoms with Crippen LogP contribution < -0.4 is 5.73 Å². The van der Waals surface area contributed by atoms with Crippen molar-refractivity contribution in [2.75, 3.05) is 6.26 Å². The number of hydrogen-bond acceptors (Lipinski definition) is 4. The molecule has 1 atom stereocenters. The second-order valence-corrected chi connectivity index (χ2v) is 8.03. The summed E-state index contributed by atoms with van der Waals surface area (Å²) in [4.78, 5) is 2.45. The zero-order chi connectivity index (χ0) is 15.5. The summed E-state index contributed by atoms with van der Waals surface area (Å²) < 4.78 is 22.9. The second kappa shape index (κ2) is 6.64. The molecule has 0 heterocycles. The Hall–Kier alpha value is -1.30. The fourth-order valence-electron chi connectivity index (χ4n) is 1.98. The van der Waals surface area contributed by atoms with Crippen LogP contribution in [0.3, 0.4) is 0 Å². The first kappa shape index (κ1) is 16.1. The minimum absolute atomic E-state index is 0.0176. The van der Waals surface area contributed by atoms with E-state index in [1.165, 1.54) is 6.26 Å². The summed E-state index contributed by atoms with van der Waals surface area (Å²) in [6.45, 7) is 2.06. The third kappa shape index (κ3) is 4.09. The van der Waals surface area contributed by atoms with Crippen LogP contribution in [0.25, 0.3) is 0 Å². The molecule has 3 nitrogen and oxygen atoms in total. The van der Waals surface area contributed by atoms with Crippen molar-refractivity contribution in [3.05, 3.63) is 54.1 Å². The minimum atomic E-state index is -3.15. The first-order valence-electron chi connectivity index (χ1n) is 6.74. The van der Waals surface area contributed by atoms with Gasteiger partial charge in [0, 0.05) is 22.1 Å². The lowest BCUT2D eigenvalue weighted by atomic mass is 10.1. The van der Waals surface area contributed by atoms with Gasteiger partial charge >= 0.3 is 0 Å². The van der Waals surface area contributed by atoms with Gasteiger partial charge in [0.2, 0.25) is 0 Å². The molecule has 0 aliphatic heterocycles. The van der Waals surface area contributed by atoms with Crippen LogP contribution in [0, 0.1) is 0 Å². The van der Waals surface area contributed by atoms with Crippen LogP contribution in [0.4, 0.5) is 0 Å². The standard InChI is InChI=1S/C16H19NO2S2/c1-3-15(17)14-6-4-5-7-16(14)20-12-8-10-13(11-9-12)21(2,18)19/h4-11,15H,3,17H2,1-2H3. The molecule has 0 aliphatic rings. The van der Waals surface area contributed by atoms with Crippen LogP contribution in [0.2, 0.25) is 0 Å². The molecule has 0 aliphatic carbocycles. The Balaban J connectivity index is 2.27. The number of hydrogen-bond donors (Lipinski definition) is 1. The zero-order valence-corrected chi connectivity index (χ0v) is 13.7. The van der Waals surface area contributed by atoms with Gasteiger partial charge in [-0.25, -0.2) is 8.42 Å². The van der Waals surface area contributed by atoms with Gasteiger partial charge in [-0.2, -0.15) is 0 Å². The number of rotatable bonds is 5. The fourth-order valence-corrected chi connectivity index (χ4v) is 3.62. The molecule has 2 aromatic rings. The van der Waals surface area contributed by atoms with E-state index in [2.05, 4.69) is 6.92 Å². The summed E-state index contributed by atoms with van der Waals surface area (Å²) in [5, 5.41) is 0. The number of nitrogens with two attached hydrogens (primary N) is 1. The lowest BCUT2D eigenvalue weighted by Crippen LogP contribution is -2.09. The predicted molar refractivity (Wildman–Crippen MR) is 87.3 cm³/mol. The molecule has 0 aromatic heterocycles. The molecule has 2 N–H and O–H groups in total. The van der Waals surface area contributed by atoms with Gasteiger partial charge in [0.25, 0.3) is 0 Å². The largest absolute Gasteiger partial charge is 0.324 e. The van der Waals surface area contributed by atoms with Crippen molar-refractivity contribution in [1.82, 2.24) is 0 Å². The molecule has 2 aromatic carbocycles. The molecular formula is C16H19NO2S2. The molecule has 0 spiro atoms. The third-order valence-corrected chi connectivity index (χ3v) is 5.47. The van der Waals surface area contributed by atoms with Crippen molar-refractivity contribution >= 4 is 21.6 Å². The van der Waals surface area contributed by atoms with Gasteiger partial charge in [-0.1, -0.05) is 36.9 Å². The highest BCUT2D eigenvalue weighted by molar-refractivity contribution is 7.99. The quantitative estimate of drug-likeness (QED) is 0.913. The third-order valence-electron chi connectivity index (χ3n) is 3.24. The summed E-state index contributed by atoms with van der Waals surface area (Å²) in [6, 6.07) is 15.0. The van der Waals surface area contributed by atoms with Crippen molar-refractivity contribution in [2.45, 2.75) is 34.1 Å². The van der Waals surface area contributed by atoms with Gasteiger partial charge < -0.3 is 5.73 Å². The first-order valence-corrected chi connectivity index (χ1v) is 9.45. The Morgan fingerprint density at radius 1 is 1.10 bits per heavy atom. The maximum atomic E-state index is 11.5. The fraction of sp³-hybridized carbons (Fsp3) is 0.250. The Labute approximate surface area is 130 Å². The zero-order valence-electron chi connectivity index (χ0n) is 12.1. The SMILES string of the molecule is CCC(N)c1ccccc1Sc1ccc(S(C)(=O)=O)cc1. The highest BCUT2D eigenvalue weighted by atomic mass is 32.2. The molecule has 0 fully saturated rings. The van der Waals surface area contributed by atoms with Crippen LogP contribution in [-0.4, -0.2) is 14.7 Å². The summed E-state index contributed by atoms with van der Waals surface area (Å²) in [5.41, 5.74) is 7.26. The van der Waals surface area contributed by atoms with E-state index < -0.39 is 9.84 Å². The Bertz CT molecular complexity index is 709. The normalized spacial score (nSPS) is 13.1. The molecule has 0 radical (unpaired) electrons. The number of sulfone groups is 1. The molecule has 2 rings (SSSR count). The minimum Gasteiger partial charge on any atom is -0.324 e. The van der Waals surface area contributed by atoms with Gasteiger partial charge in [-0.3, -0.25) is 0 Å². The summed E-state index contributed by atoms with van der Waals surface area (Å²) in [7, 11) is -3.15. The molecule has 0 saturated heterocycles. The van der Waals surface area contributed by atoms with Crippen LogP contribution in [0.15, 0.2) is 63.2 Å². The molecule has 21 heavy (non-hydrogen) atoms. The molecule has 0 saturated carbocycles. The maximum Gasteiger partial charge on any atom is 0.175 e. The molecule has 5 heteroatoms. The van der Waals surface area contributed by atoms with Crippen LogP contribution >= 0.6 is 11.8 Å². The Morgan fingerprint density at radius 2 is 1.71 bits per heavy atom. The molecule has 112 valence electrons. The predicted octanol–water partition coefficient (Wildman–Crippen LogP) is 3.65. The number of benzene rings is 2. The Morgan fingerprint density at radius 3 is 2.29 bits per heavy atom. The van der Waals surface area contributed by atoms with Crippen LogP contribution in [-0.2, 0) is 9.84 Å². The van der Waals surface area contributed by atoms with Gasteiger partial charge in [0.05, 0.1) is 4.90 Å². The van der Waals surface area contributed by atoms with Crippen molar-refractivity contribution in [3.63, 3.8) is 0 Å². The summed E-state index contributed by atoms with van der Waals surface area (Å²) in [5.74, 6) is 0. The van der Waals surface area contributed by atoms with E-state index in [-0.39, 0.29) is 6.04 Å². The first-order chi connectivity index (χ1) is 9.91. The highest BCUT2D eigenvalue weighted by Gasteiger charge is 2.11. The van der Waals surface area contributed by atoms with Gasteiger partial charge in [-0.05, 0) is 42.3 Å². The average molecular weight is 321 g/mol. The smallest absolute Gasteiger partial charge is 0.175 e. The van der Waals surface area contributed by atoms with E-state index in [1.807, 2.05) is 36.4 Å². The molecule has 0 amide bonds. The van der Waals surface area contributed by atoms with E-state index in [9.17, 15) is 8.42 Å². The van der Waals surface area contributed by atoms with E-state index in [1.54, 1.807) is 23.9 Å². The van der Waals surface area contributed by atoms with E-state index in [0.29, 0.717) is 4.90 Å². The van der Waals surface area contributed by atoms with Crippen molar-refractivity contribution in [3.8, 4) is 0 Å². The Kier molecular flexibility index (Phi) is 5.08. The molecule has 1 unspecified atom stereocenters. The average Bonchev–Trinajstić information content (AvgIpc) is 2.46. The topological polar surface area (TPSA) is 60.2 Å². The molecule has 0 bridgehead atoms. The van der Waals surface area contributed by atoms with Crippen molar-refractivity contribution in [2.24, 2.45) is 5.73 Å². The lowest BCUT2D eigenvalue weighted by Gasteiger charge is -2.14. The lowest BCUT2D eigenvalue weighted by molar-refractivity contribution is 0.602. The van der Waals surface area contributed by atoms with E-state index in [4.69, 9.17) is 5.73 Å². The van der Waals surface area contributed by atoms with Gasteiger partial charge in [0.15, 0.2) is 9.84 Å².